The maximum absolute atomic E-state index is 13.9. The third kappa shape index (κ3) is 5.42. The third-order valence-corrected chi connectivity index (χ3v) is 5.59. The molecule has 0 saturated heterocycles. The topological polar surface area (TPSA) is 88.9 Å². The number of hydrogen-bond donors (Lipinski definition) is 2. The standard InChI is InChI=1S/C19H17BrFN5O2S/c1-26-18(12-6-2-4-8-14(12)21)24-25-19(26)29-11-17(28)22-10-16(27)23-15-9-5-3-7-13(15)20/h2-9H,10-11H2,1H3,(H,22,28)(H,23,27). The number of aromatic nitrogens is 3. The smallest absolute Gasteiger partial charge is 0.243 e. The highest BCUT2D eigenvalue weighted by atomic mass is 79.9. The Bertz CT molecular complexity index is 1040. The van der Waals surface area contributed by atoms with Crippen molar-refractivity contribution >= 4 is 45.2 Å². The van der Waals surface area contributed by atoms with Crippen LogP contribution in [0.25, 0.3) is 11.4 Å². The van der Waals surface area contributed by atoms with Crippen LogP contribution in [-0.2, 0) is 16.6 Å². The summed E-state index contributed by atoms with van der Waals surface area (Å²) in [6, 6.07) is 13.5. The van der Waals surface area contributed by atoms with Crippen LogP contribution in [0.15, 0.2) is 58.2 Å². The van der Waals surface area contributed by atoms with Crippen LogP contribution in [0.4, 0.5) is 10.1 Å². The molecule has 0 aliphatic rings. The second-order valence-electron chi connectivity index (χ2n) is 5.94. The molecule has 0 radical (unpaired) electrons. The predicted octanol–water partition coefficient (Wildman–Crippen LogP) is 3.23. The highest BCUT2D eigenvalue weighted by molar-refractivity contribution is 9.10. The molecule has 29 heavy (non-hydrogen) atoms. The van der Waals surface area contributed by atoms with E-state index in [2.05, 4.69) is 36.8 Å². The molecule has 1 aromatic heterocycles. The number of amides is 2. The molecular formula is C19H17BrFN5O2S. The molecule has 150 valence electrons. The van der Waals surface area contributed by atoms with Crippen molar-refractivity contribution in [2.45, 2.75) is 5.16 Å². The van der Waals surface area contributed by atoms with Gasteiger partial charge in [0.2, 0.25) is 11.8 Å². The molecule has 1 heterocycles. The van der Waals surface area contributed by atoms with Gasteiger partial charge in [0.25, 0.3) is 0 Å². The van der Waals surface area contributed by atoms with E-state index in [1.54, 1.807) is 48.0 Å². The average molecular weight is 478 g/mol. The van der Waals surface area contributed by atoms with Crippen LogP contribution in [0.2, 0.25) is 0 Å². The summed E-state index contributed by atoms with van der Waals surface area (Å²) < 4.78 is 16.3. The van der Waals surface area contributed by atoms with E-state index in [4.69, 9.17) is 0 Å². The van der Waals surface area contributed by atoms with E-state index in [9.17, 15) is 14.0 Å². The number of hydrogen-bond acceptors (Lipinski definition) is 5. The second kappa shape index (κ2) is 9.66. The molecule has 2 amide bonds. The molecule has 10 heteroatoms. The van der Waals surface area contributed by atoms with Gasteiger partial charge in [0, 0.05) is 11.5 Å². The maximum atomic E-state index is 13.9. The number of nitrogens with zero attached hydrogens (tertiary/aromatic N) is 3. The Morgan fingerprint density at radius 1 is 1.10 bits per heavy atom. The van der Waals surface area contributed by atoms with E-state index >= 15 is 0 Å². The molecule has 2 aromatic carbocycles. The van der Waals surface area contributed by atoms with Gasteiger partial charge in [-0.15, -0.1) is 10.2 Å². The van der Waals surface area contributed by atoms with Crippen molar-refractivity contribution < 1.29 is 14.0 Å². The zero-order valence-corrected chi connectivity index (χ0v) is 17.8. The summed E-state index contributed by atoms with van der Waals surface area (Å²) in [6.45, 7) is -0.153. The van der Waals surface area contributed by atoms with Crippen LogP contribution >= 0.6 is 27.7 Å². The zero-order valence-electron chi connectivity index (χ0n) is 15.4. The Morgan fingerprint density at radius 2 is 1.83 bits per heavy atom. The SMILES string of the molecule is Cn1c(SCC(=O)NCC(=O)Nc2ccccc2Br)nnc1-c1ccccc1F. The molecule has 2 N–H and O–H groups in total. The fourth-order valence-electron chi connectivity index (χ4n) is 2.43. The first-order valence-electron chi connectivity index (χ1n) is 8.54. The van der Waals surface area contributed by atoms with Crippen LogP contribution < -0.4 is 10.6 Å². The Morgan fingerprint density at radius 3 is 2.59 bits per heavy atom. The van der Waals surface area contributed by atoms with Gasteiger partial charge in [-0.2, -0.15) is 0 Å². The molecule has 0 fully saturated rings. The third-order valence-electron chi connectivity index (χ3n) is 3.88. The Labute approximate surface area is 179 Å². The van der Waals surface area contributed by atoms with Gasteiger partial charge in [0.05, 0.1) is 23.5 Å². The Balaban J connectivity index is 1.50. The maximum Gasteiger partial charge on any atom is 0.243 e. The van der Waals surface area contributed by atoms with Crippen molar-refractivity contribution in [1.82, 2.24) is 20.1 Å². The average Bonchev–Trinajstić information content (AvgIpc) is 3.07. The number of nitrogens with one attached hydrogen (secondary N) is 2. The normalized spacial score (nSPS) is 10.6. The van der Waals surface area contributed by atoms with Gasteiger partial charge in [0.1, 0.15) is 5.82 Å². The molecule has 7 nitrogen and oxygen atoms in total. The highest BCUT2D eigenvalue weighted by Gasteiger charge is 2.15. The Kier molecular flexibility index (Phi) is 6.99. The minimum atomic E-state index is -0.395. The van der Waals surface area contributed by atoms with Gasteiger partial charge in [-0.1, -0.05) is 36.0 Å². The van der Waals surface area contributed by atoms with E-state index in [-0.39, 0.29) is 24.1 Å². The van der Waals surface area contributed by atoms with Crippen molar-refractivity contribution in [3.63, 3.8) is 0 Å². The number of anilines is 1. The number of para-hydroxylation sites is 1. The summed E-state index contributed by atoms with van der Waals surface area (Å²) in [6.07, 6.45) is 0. The molecule has 0 saturated carbocycles. The number of rotatable bonds is 7. The van der Waals surface area contributed by atoms with Gasteiger partial charge < -0.3 is 15.2 Å². The fraction of sp³-hybridized carbons (Fsp3) is 0.158. The molecular weight excluding hydrogens is 461 g/mol. The van der Waals surface area contributed by atoms with E-state index in [0.717, 1.165) is 16.2 Å². The molecule has 0 unspecified atom stereocenters. The first-order chi connectivity index (χ1) is 14.0. The van der Waals surface area contributed by atoms with E-state index in [0.29, 0.717) is 22.2 Å². The van der Waals surface area contributed by atoms with Crippen LogP contribution in [-0.4, -0.2) is 38.9 Å². The summed E-state index contributed by atoms with van der Waals surface area (Å²) in [7, 11) is 1.70. The summed E-state index contributed by atoms with van der Waals surface area (Å²) in [5.74, 6) is -0.637. The predicted molar refractivity (Wildman–Crippen MR) is 113 cm³/mol. The first-order valence-corrected chi connectivity index (χ1v) is 10.3. The summed E-state index contributed by atoms with van der Waals surface area (Å²) in [5.41, 5.74) is 0.962. The van der Waals surface area contributed by atoms with Gasteiger partial charge in [-0.3, -0.25) is 9.59 Å². The lowest BCUT2D eigenvalue weighted by Gasteiger charge is -2.08. The van der Waals surface area contributed by atoms with Gasteiger partial charge in [-0.25, -0.2) is 4.39 Å². The summed E-state index contributed by atoms with van der Waals surface area (Å²) in [5, 5.41) is 13.7. The molecule has 0 aliphatic carbocycles. The lowest BCUT2D eigenvalue weighted by Crippen LogP contribution is -2.34. The molecule has 0 aliphatic heterocycles. The van der Waals surface area contributed by atoms with E-state index in [1.165, 1.54) is 6.07 Å². The number of carbonyl (C=O) groups is 2. The van der Waals surface area contributed by atoms with Gasteiger partial charge in [0.15, 0.2) is 11.0 Å². The van der Waals surface area contributed by atoms with Crippen LogP contribution in [0, 0.1) is 5.82 Å². The van der Waals surface area contributed by atoms with Crippen LogP contribution in [0.1, 0.15) is 0 Å². The Hall–Kier alpha value is -2.72. The fourth-order valence-corrected chi connectivity index (χ4v) is 3.56. The number of benzene rings is 2. The number of halogens is 2. The highest BCUT2D eigenvalue weighted by Crippen LogP contribution is 2.24. The lowest BCUT2D eigenvalue weighted by molar-refractivity contribution is -0.122. The molecule has 0 spiro atoms. The van der Waals surface area contributed by atoms with Gasteiger partial charge >= 0.3 is 0 Å². The minimum absolute atomic E-state index is 0.0472. The molecule has 0 bridgehead atoms. The first kappa shape index (κ1) is 21.0. The number of carbonyl (C=O) groups excluding carboxylic acids is 2. The van der Waals surface area contributed by atoms with Gasteiger partial charge in [-0.05, 0) is 40.2 Å². The van der Waals surface area contributed by atoms with Crippen LogP contribution in [0.5, 0.6) is 0 Å². The molecule has 3 rings (SSSR count). The quantitative estimate of drug-likeness (QED) is 0.510. The zero-order chi connectivity index (χ0) is 20.8. The number of thioether (sulfide) groups is 1. The monoisotopic (exact) mass is 477 g/mol. The van der Waals surface area contributed by atoms with Crippen molar-refractivity contribution in [3.05, 3.63) is 58.8 Å². The lowest BCUT2D eigenvalue weighted by atomic mass is 10.2. The van der Waals surface area contributed by atoms with E-state index < -0.39 is 5.82 Å². The molecule has 0 atom stereocenters. The van der Waals surface area contributed by atoms with Crippen molar-refractivity contribution in [3.8, 4) is 11.4 Å². The van der Waals surface area contributed by atoms with Crippen molar-refractivity contribution in [1.29, 1.82) is 0 Å². The minimum Gasteiger partial charge on any atom is -0.346 e. The molecule has 3 aromatic rings. The van der Waals surface area contributed by atoms with Crippen molar-refractivity contribution in [2.24, 2.45) is 7.05 Å². The largest absolute Gasteiger partial charge is 0.346 e. The van der Waals surface area contributed by atoms with Crippen molar-refractivity contribution in [2.75, 3.05) is 17.6 Å². The van der Waals surface area contributed by atoms with Crippen LogP contribution in [0.3, 0.4) is 0 Å². The second-order valence-corrected chi connectivity index (χ2v) is 7.74. The van der Waals surface area contributed by atoms with E-state index in [1.807, 2.05) is 6.07 Å². The summed E-state index contributed by atoms with van der Waals surface area (Å²) >= 11 is 4.49. The summed E-state index contributed by atoms with van der Waals surface area (Å²) in [4.78, 5) is 24.0.